The predicted molar refractivity (Wildman–Crippen MR) is 77.8 cm³/mol. The van der Waals surface area contributed by atoms with Crippen molar-refractivity contribution in [3.05, 3.63) is 24.3 Å². The molecule has 21 heavy (non-hydrogen) atoms. The molecule has 1 N–H and O–H groups in total. The quantitative estimate of drug-likeness (QED) is 0.842. The Bertz CT molecular complexity index is 537. The largest absolute Gasteiger partial charge is 0.491 e. The van der Waals surface area contributed by atoms with Crippen molar-refractivity contribution in [1.29, 1.82) is 0 Å². The highest BCUT2D eigenvalue weighted by Gasteiger charge is 2.29. The zero-order valence-electron chi connectivity index (χ0n) is 12.1. The van der Waals surface area contributed by atoms with Crippen LogP contribution in [0.1, 0.15) is 12.8 Å². The van der Waals surface area contributed by atoms with Gasteiger partial charge in [-0.05, 0) is 37.1 Å². The molecule has 1 heterocycles. The first kappa shape index (κ1) is 16.2. The second-order valence-electron chi connectivity index (χ2n) is 4.91. The zero-order valence-corrected chi connectivity index (χ0v) is 12.9. The molecular weight excluding hydrogens is 294 g/mol. The molecule has 1 saturated heterocycles. The number of hydrogen-bond donors (Lipinski definition) is 1. The maximum atomic E-state index is 12.6. The van der Waals surface area contributed by atoms with Gasteiger partial charge in [-0.1, -0.05) is 0 Å². The van der Waals surface area contributed by atoms with E-state index >= 15 is 0 Å². The number of sulfonamides is 1. The van der Waals surface area contributed by atoms with E-state index in [0.717, 1.165) is 0 Å². The highest BCUT2D eigenvalue weighted by Crippen LogP contribution is 2.23. The molecular formula is C14H21NO5S. The summed E-state index contributed by atoms with van der Waals surface area (Å²) in [6, 6.07) is 6.23. The molecule has 0 aliphatic carbocycles. The van der Waals surface area contributed by atoms with Crippen LogP contribution in [-0.4, -0.2) is 57.3 Å². The topological polar surface area (TPSA) is 76.1 Å². The second kappa shape index (κ2) is 7.22. The number of hydrogen-bond acceptors (Lipinski definition) is 5. The molecule has 1 aliphatic rings. The summed E-state index contributed by atoms with van der Waals surface area (Å²) in [5, 5.41) is 8.69. The number of rotatable bonds is 6. The Hall–Kier alpha value is -1.15. The average Bonchev–Trinajstić information content (AvgIpc) is 2.53. The van der Waals surface area contributed by atoms with E-state index in [0.29, 0.717) is 31.8 Å². The van der Waals surface area contributed by atoms with Crippen molar-refractivity contribution < 1.29 is 23.0 Å². The Balaban J connectivity index is 2.10. The van der Waals surface area contributed by atoms with Gasteiger partial charge in [0.1, 0.15) is 12.4 Å². The number of ether oxygens (including phenoxy) is 2. The van der Waals surface area contributed by atoms with E-state index in [1.54, 1.807) is 19.2 Å². The van der Waals surface area contributed by atoms with Crippen LogP contribution in [0.2, 0.25) is 0 Å². The molecule has 0 amide bonds. The fourth-order valence-corrected chi connectivity index (χ4v) is 3.70. The van der Waals surface area contributed by atoms with Gasteiger partial charge in [0.25, 0.3) is 0 Å². The monoisotopic (exact) mass is 315 g/mol. The Morgan fingerprint density at radius 2 is 1.90 bits per heavy atom. The van der Waals surface area contributed by atoms with Gasteiger partial charge in [-0.25, -0.2) is 8.42 Å². The van der Waals surface area contributed by atoms with E-state index in [2.05, 4.69) is 0 Å². The minimum Gasteiger partial charge on any atom is -0.491 e. The Labute approximate surface area is 125 Å². The van der Waals surface area contributed by atoms with Crippen LogP contribution in [0.4, 0.5) is 0 Å². The first-order valence-corrected chi connectivity index (χ1v) is 8.39. The van der Waals surface area contributed by atoms with Gasteiger partial charge < -0.3 is 14.6 Å². The lowest BCUT2D eigenvalue weighted by Gasteiger charge is -2.30. The van der Waals surface area contributed by atoms with Crippen molar-refractivity contribution in [2.45, 2.75) is 23.8 Å². The second-order valence-corrected chi connectivity index (χ2v) is 6.91. The van der Waals surface area contributed by atoms with E-state index in [1.807, 2.05) is 0 Å². The minimum absolute atomic E-state index is 0.0194. The minimum atomic E-state index is -3.50. The van der Waals surface area contributed by atoms with Crippen molar-refractivity contribution in [1.82, 2.24) is 4.31 Å². The summed E-state index contributed by atoms with van der Waals surface area (Å²) >= 11 is 0. The van der Waals surface area contributed by atoms with Gasteiger partial charge in [0.2, 0.25) is 10.0 Å². The smallest absolute Gasteiger partial charge is 0.243 e. The van der Waals surface area contributed by atoms with Crippen LogP contribution < -0.4 is 4.74 Å². The van der Waals surface area contributed by atoms with Crippen LogP contribution in [0.15, 0.2) is 29.2 Å². The molecule has 0 bridgehead atoms. The van der Waals surface area contributed by atoms with Crippen molar-refractivity contribution in [3.8, 4) is 5.75 Å². The molecule has 7 heteroatoms. The van der Waals surface area contributed by atoms with E-state index in [1.165, 1.54) is 16.4 Å². The molecule has 0 atom stereocenters. The van der Waals surface area contributed by atoms with E-state index in [9.17, 15) is 8.42 Å². The molecule has 0 unspecified atom stereocenters. The summed E-state index contributed by atoms with van der Waals surface area (Å²) < 4.78 is 37.0. The van der Waals surface area contributed by atoms with Gasteiger partial charge in [0.05, 0.1) is 11.5 Å². The lowest BCUT2D eigenvalue weighted by molar-refractivity contribution is 0.0632. The Kier molecular flexibility index (Phi) is 5.58. The van der Waals surface area contributed by atoms with Gasteiger partial charge in [-0.15, -0.1) is 0 Å². The summed E-state index contributed by atoms with van der Waals surface area (Å²) in [6.45, 7) is 1.30. The normalized spacial score (nSPS) is 17.1. The summed E-state index contributed by atoms with van der Waals surface area (Å²) in [7, 11) is -1.89. The number of benzene rings is 1. The zero-order chi connectivity index (χ0) is 15.3. The van der Waals surface area contributed by atoms with Crippen LogP contribution in [0.5, 0.6) is 5.75 Å². The predicted octanol–water partition coefficient (Wildman–Crippen LogP) is 0.857. The first-order chi connectivity index (χ1) is 10.1. The fourth-order valence-electron chi connectivity index (χ4n) is 2.28. The summed E-state index contributed by atoms with van der Waals surface area (Å²) in [6.07, 6.45) is 1.43. The third kappa shape index (κ3) is 3.94. The average molecular weight is 315 g/mol. The SMILES string of the molecule is CN(C1CCOCC1)S(=O)(=O)c1ccc(OCCO)cc1. The first-order valence-electron chi connectivity index (χ1n) is 6.95. The van der Waals surface area contributed by atoms with E-state index in [4.69, 9.17) is 14.6 Å². The lowest BCUT2D eigenvalue weighted by atomic mass is 10.1. The third-order valence-corrected chi connectivity index (χ3v) is 5.49. The van der Waals surface area contributed by atoms with Crippen molar-refractivity contribution in [2.75, 3.05) is 33.5 Å². The van der Waals surface area contributed by atoms with Crippen LogP contribution >= 0.6 is 0 Å². The van der Waals surface area contributed by atoms with Crippen molar-refractivity contribution in [2.24, 2.45) is 0 Å². The molecule has 1 aromatic rings. The number of nitrogens with zero attached hydrogens (tertiary/aromatic N) is 1. The van der Waals surface area contributed by atoms with E-state index < -0.39 is 10.0 Å². The van der Waals surface area contributed by atoms with Gasteiger partial charge in [0, 0.05) is 26.3 Å². The van der Waals surface area contributed by atoms with E-state index in [-0.39, 0.29) is 24.2 Å². The molecule has 1 aliphatic heterocycles. The van der Waals surface area contributed by atoms with Crippen molar-refractivity contribution in [3.63, 3.8) is 0 Å². The molecule has 118 valence electrons. The summed E-state index contributed by atoms with van der Waals surface area (Å²) in [5.41, 5.74) is 0. The molecule has 0 radical (unpaired) electrons. The van der Waals surface area contributed by atoms with Crippen LogP contribution in [0.3, 0.4) is 0 Å². The molecule has 0 saturated carbocycles. The number of aliphatic hydroxyl groups is 1. The fraction of sp³-hybridized carbons (Fsp3) is 0.571. The van der Waals surface area contributed by atoms with Gasteiger partial charge in [-0.3, -0.25) is 0 Å². The highest BCUT2D eigenvalue weighted by atomic mass is 32.2. The van der Waals surface area contributed by atoms with Gasteiger partial charge >= 0.3 is 0 Å². The highest BCUT2D eigenvalue weighted by molar-refractivity contribution is 7.89. The van der Waals surface area contributed by atoms with Crippen LogP contribution in [0, 0.1) is 0 Å². The number of aliphatic hydroxyl groups excluding tert-OH is 1. The molecule has 2 rings (SSSR count). The maximum Gasteiger partial charge on any atom is 0.243 e. The summed E-state index contributed by atoms with van der Waals surface area (Å²) in [4.78, 5) is 0.243. The molecule has 0 spiro atoms. The van der Waals surface area contributed by atoms with Crippen LogP contribution in [0.25, 0.3) is 0 Å². The summed E-state index contributed by atoms with van der Waals surface area (Å²) in [5.74, 6) is 0.539. The maximum absolute atomic E-state index is 12.6. The third-order valence-electron chi connectivity index (χ3n) is 3.57. The Morgan fingerprint density at radius 1 is 1.29 bits per heavy atom. The molecule has 6 nitrogen and oxygen atoms in total. The van der Waals surface area contributed by atoms with Gasteiger partial charge in [-0.2, -0.15) is 4.31 Å². The molecule has 1 fully saturated rings. The molecule has 1 aromatic carbocycles. The van der Waals surface area contributed by atoms with Crippen molar-refractivity contribution >= 4 is 10.0 Å². The van der Waals surface area contributed by atoms with Crippen LogP contribution in [-0.2, 0) is 14.8 Å². The lowest BCUT2D eigenvalue weighted by Crippen LogP contribution is -2.40. The van der Waals surface area contributed by atoms with Gasteiger partial charge in [0.15, 0.2) is 0 Å². The Morgan fingerprint density at radius 3 is 2.48 bits per heavy atom. The standard InChI is InChI=1S/C14H21NO5S/c1-15(12-6-9-19-10-7-12)21(17,18)14-4-2-13(3-5-14)20-11-8-16/h2-5,12,16H,6-11H2,1H3. The molecule has 0 aromatic heterocycles.